The summed E-state index contributed by atoms with van der Waals surface area (Å²) in [4.78, 5) is 14.9. The number of aromatic nitrogens is 3. The van der Waals surface area contributed by atoms with Gasteiger partial charge >= 0.3 is 0 Å². The smallest absolute Gasteiger partial charge is 0.164 e. The molecule has 0 saturated carbocycles. The van der Waals surface area contributed by atoms with Gasteiger partial charge in [-0.15, -0.1) is 0 Å². The minimum Gasteiger partial charge on any atom is -0.456 e. The van der Waals surface area contributed by atoms with Crippen molar-refractivity contribution in [2.75, 3.05) is 0 Å². The van der Waals surface area contributed by atoms with Gasteiger partial charge < -0.3 is 8.83 Å². The molecule has 7 aromatic carbocycles. The van der Waals surface area contributed by atoms with E-state index in [2.05, 4.69) is 84.9 Å². The summed E-state index contributed by atoms with van der Waals surface area (Å²) in [5.74, 6) is 1.80. The Morgan fingerprint density at radius 3 is 1.71 bits per heavy atom. The number of para-hydroxylation sites is 1. The average Bonchev–Trinajstić information content (AvgIpc) is 3.73. The van der Waals surface area contributed by atoms with E-state index in [0.717, 1.165) is 77.1 Å². The number of hydrogen-bond acceptors (Lipinski definition) is 5. The molecule has 0 unspecified atom stereocenters. The number of fused-ring (bicyclic) bond motifs is 8. The van der Waals surface area contributed by atoms with Crippen LogP contribution < -0.4 is 0 Å². The lowest BCUT2D eigenvalue weighted by molar-refractivity contribution is 0.669. The van der Waals surface area contributed by atoms with E-state index in [1.165, 1.54) is 5.39 Å². The van der Waals surface area contributed by atoms with Crippen LogP contribution in [0.15, 0.2) is 160 Å². The normalized spacial score (nSPS) is 11.8. The van der Waals surface area contributed by atoms with Gasteiger partial charge in [-0.05, 0) is 59.0 Å². The van der Waals surface area contributed by atoms with Crippen LogP contribution in [0.25, 0.3) is 99.9 Å². The molecule has 5 heteroatoms. The third kappa shape index (κ3) is 4.29. The van der Waals surface area contributed by atoms with Gasteiger partial charge in [0.2, 0.25) is 0 Å². The second kappa shape index (κ2) is 10.5. The third-order valence-corrected chi connectivity index (χ3v) is 9.12. The van der Waals surface area contributed by atoms with Crippen molar-refractivity contribution in [1.82, 2.24) is 15.0 Å². The molecule has 0 aliphatic heterocycles. The highest BCUT2D eigenvalue weighted by Crippen LogP contribution is 2.37. The SMILES string of the molecule is c1ccc(-c2nc(-c3cccc(-c4ccc5c(c4)oc4c6ccccc6ccc54)c3)nc(-c3ccc4c(c3)oc3ccccc34)n2)cc1. The molecule has 0 radical (unpaired) electrons. The summed E-state index contributed by atoms with van der Waals surface area (Å²) in [5.41, 5.74) is 8.22. The molecule has 3 aromatic heterocycles. The molecule has 0 aliphatic carbocycles. The van der Waals surface area contributed by atoms with Crippen LogP contribution in [-0.2, 0) is 0 Å². The molecule has 0 saturated heterocycles. The zero-order chi connectivity index (χ0) is 31.6. The van der Waals surface area contributed by atoms with Crippen molar-refractivity contribution in [3.63, 3.8) is 0 Å². The molecule has 48 heavy (non-hydrogen) atoms. The summed E-state index contributed by atoms with van der Waals surface area (Å²) in [5, 5.41) is 6.67. The fourth-order valence-electron chi connectivity index (χ4n) is 6.74. The Labute approximate surface area is 274 Å². The molecule has 0 amide bonds. The van der Waals surface area contributed by atoms with Gasteiger partial charge in [-0.1, -0.05) is 109 Å². The highest BCUT2D eigenvalue weighted by atomic mass is 16.3. The number of furan rings is 2. The molecule has 5 nitrogen and oxygen atoms in total. The summed E-state index contributed by atoms with van der Waals surface area (Å²) >= 11 is 0. The lowest BCUT2D eigenvalue weighted by Crippen LogP contribution is -2.00. The maximum absolute atomic E-state index is 6.48. The fourth-order valence-corrected chi connectivity index (χ4v) is 6.74. The molecule has 10 rings (SSSR count). The first kappa shape index (κ1) is 26.6. The van der Waals surface area contributed by atoms with Gasteiger partial charge in [0.15, 0.2) is 17.5 Å². The van der Waals surface area contributed by atoms with Crippen molar-refractivity contribution in [2.24, 2.45) is 0 Å². The van der Waals surface area contributed by atoms with E-state index in [4.69, 9.17) is 23.8 Å². The average molecular weight is 616 g/mol. The van der Waals surface area contributed by atoms with Crippen LogP contribution >= 0.6 is 0 Å². The largest absolute Gasteiger partial charge is 0.456 e. The quantitative estimate of drug-likeness (QED) is 0.197. The van der Waals surface area contributed by atoms with Gasteiger partial charge in [0.25, 0.3) is 0 Å². The zero-order valence-electron chi connectivity index (χ0n) is 25.6. The van der Waals surface area contributed by atoms with E-state index < -0.39 is 0 Å². The summed E-state index contributed by atoms with van der Waals surface area (Å²) in [6.45, 7) is 0. The van der Waals surface area contributed by atoms with Gasteiger partial charge in [0.05, 0.1) is 0 Å². The predicted octanol–water partition coefficient (Wildman–Crippen LogP) is 11.5. The molecular formula is C43H25N3O2. The highest BCUT2D eigenvalue weighted by molar-refractivity contribution is 6.15. The van der Waals surface area contributed by atoms with E-state index in [0.29, 0.717) is 17.5 Å². The second-order valence-electron chi connectivity index (χ2n) is 12.0. The van der Waals surface area contributed by atoms with Crippen LogP contribution in [0, 0.1) is 0 Å². The van der Waals surface area contributed by atoms with Crippen LogP contribution in [0.4, 0.5) is 0 Å². The minimum atomic E-state index is 0.586. The molecule has 0 aliphatic rings. The lowest BCUT2D eigenvalue weighted by atomic mass is 10.0. The Kier molecular flexibility index (Phi) is 5.81. The Hall–Kier alpha value is -6.59. The maximum atomic E-state index is 6.48. The molecular weight excluding hydrogens is 590 g/mol. The lowest BCUT2D eigenvalue weighted by Gasteiger charge is -2.10. The van der Waals surface area contributed by atoms with E-state index in [-0.39, 0.29) is 0 Å². The topological polar surface area (TPSA) is 65.0 Å². The zero-order valence-corrected chi connectivity index (χ0v) is 25.6. The Bertz CT molecular complexity index is 2850. The molecule has 3 heterocycles. The van der Waals surface area contributed by atoms with Gasteiger partial charge in [0.1, 0.15) is 22.3 Å². The van der Waals surface area contributed by atoms with E-state index >= 15 is 0 Å². The summed E-state index contributed by atoms with van der Waals surface area (Å²) in [6, 6.07) is 51.7. The van der Waals surface area contributed by atoms with Crippen molar-refractivity contribution in [3.8, 4) is 45.3 Å². The molecule has 0 fully saturated rings. The first-order chi connectivity index (χ1) is 23.7. The van der Waals surface area contributed by atoms with Crippen LogP contribution in [0.3, 0.4) is 0 Å². The van der Waals surface area contributed by atoms with Gasteiger partial charge in [0, 0.05) is 43.6 Å². The first-order valence-electron chi connectivity index (χ1n) is 15.9. The molecule has 0 spiro atoms. The van der Waals surface area contributed by atoms with Gasteiger partial charge in [-0.3, -0.25) is 0 Å². The molecule has 0 bridgehead atoms. The summed E-state index contributed by atoms with van der Waals surface area (Å²) in [7, 11) is 0. The maximum Gasteiger partial charge on any atom is 0.164 e. The number of nitrogens with zero attached hydrogens (tertiary/aromatic N) is 3. The highest BCUT2D eigenvalue weighted by Gasteiger charge is 2.16. The minimum absolute atomic E-state index is 0.586. The number of hydrogen-bond donors (Lipinski definition) is 0. The fraction of sp³-hybridized carbons (Fsp3) is 0. The number of benzene rings is 7. The van der Waals surface area contributed by atoms with Crippen LogP contribution in [0.2, 0.25) is 0 Å². The first-order valence-corrected chi connectivity index (χ1v) is 15.9. The van der Waals surface area contributed by atoms with Crippen molar-refractivity contribution in [2.45, 2.75) is 0 Å². The van der Waals surface area contributed by atoms with E-state index in [1.807, 2.05) is 66.7 Å². The molecule has 10 aromatic rings. The summed E-state index contributed by atoms with van der Waals surface area (Å²) in [6.07, 6.45) is 0. The summed E-state index contributed by atoms with van der Waals surface area (Å²) < 4.78 is 12.7. The second-order valence-corrected chi connectivity index (χ2v) is 12.0. The van der Waals surface area contributed by atoms with E-state index in [1.54, 1.807) is 0 Å². The Morgan fingerprint density at radius 2 is 0.854 bits per heavy atom. The number of rotatable bonds is 4. The Balaban J connectivity index is 1.10. The van der Waals surface area contributed by atoms with Crippen LogP contribution in [0.5, 0.6) is 0 Å². The molecule has 224 valence electrons. The Morgan fingerprint density at radius 1 is 0.312 bits per heavy atom. The van der Waals surface area contributed by atoms with Gasteiger partial charge in [-0.2, -0.15) is 0 Å². The predicted molar refractivity (Wildman–Crippen MR) is 194 cm³/mol. The van der Waals surface area contributed by atoms with Crippen LogP contribution in [0.1, 0.15) is 0 Å². The third-order valence-electron chi connectivity index (χ3n) is 9.12. The van der Waals surface area contributed by atoms with Crippen molar-refractivity contribution < 1.29 is 8.83 Å². The molecule has 0 atom stereocenters. The van der Waals surface area contributed by atoms with E-state index in [9.17, 15) is 0 Å². The van der Waals surface area contributed by atoms with Crippen molar-refractivity contribution >= 4 is 54.6 Å². The van der Waals surface area contributed by atoms with Crippen molar-refractivity contribution in [3.05, 3.63) is 152 Å². The standard InChI is InChI=1S/C43H25N3O2/c1-2-10-27(11-3-1)41-44-42(46-43(45-41)31-19-21-34-33-15-6-7-16-37(33)47-38(34)25-31)30-13-8-12-28(23-30)29-18-20-35-36-22-17-26-9-4-5-14-32(26)40(36)48-39(35)24-29/h1-25H. The van der Waals surface area contributed by atoms with Crippen molar-refractivity contribution in [1.29, 1.82) is 0 Å². The molecule has 0 N–H and O–H groups in total. The van der Waals surface area contributed by atoms with Crippen LogP contribution in [-0.4, -0.2) is 15.0 Å². The van der Waals surface area contributed by atoms with Gasteiger partial charge in [-0.25, -0.2) is 15.0 Å². The monoisotopic (exact) mass is 615 g/mol.